The molecule has 5 rings (SSSR count). The Kier molecular flexibility index (Phi) is 11.1. The molecule has 4 aromatic carbocycles. The summed E-state index contributed by atoms with van der Waals surface area (Å²) in [5.41, 5.74) is -3.17. The van der Waals surface area contributed by atoms with Crippen molar-refractivity contribution < 1.29 is 45.1 Å². The third-order valence-corrected chi connectivity index (χ3v) is 8.81. The number of carbonyl (C=O) groups excluding carboxylic acids is 3. The Balaban J connectivity index is 1.40. The Bertz CT molecular complexity index is 2030. The van der Waals surface area contributed by atoms with Crippen molar-refractivity contribution in [2.75, 3.05) is 10.6 Å². The van der Waals surface area contributed by atoms with Crippen LogP contribution in [0.1, 0.15) is 32.3 Å². The summed E-state index contributed by atoms with van der Waals surface area (Å²) >= 11 is 2.18. The van der Waals surface area contributed by atoms with E-state index in [1.165, 1.54) is 65.9 Å². The summed E-state index contributed by atoms with van der Waals surface area (Å²) in [7, 11) is 0. The lowest BCUT2D eigenvalue weighted by molar-refractivity contribution is -0.143. The maximum absolute atomic E-state index is 14.6. The van der Waals surface area contributed by atoms with E-state index in [-0.39, 0.29) is 16.9 Å². The molecule has 0 radical (unpaired) electrons. The van der Waals surface area contributed by atoms with Gasteiger partial charge in [-0.15, -0.1) is 11.8 Å². The van der Waals surface area contributed by atoms with E-state index in [4.69, 9.17) is 0 Å². The highest BCUT2D eigenvalue weighted by atomic mass is 32.2. The zero-order valence-corrected chi connectivity index (χ0v) is 26.8. The van der Waals surface area contributed by atoms with Crippen LogP contribution in [0.4, 0.5) is 42.1 Å². The lowest BCUT2D eigenvalue weighted by Crippen LogP contribution is -2.30. The fraction of sp³-hybridized carbons (Fsp3) is 0.0571. The Morgan fingerprint density at radius 2 is 1.40 bits per heavy atom. The largest absolute Gasteiger partial charge is 0.422 e. The highest BCUT2D eigenvalue weighted by molar-refractivity contribution is 8.00. The number of halogens is 7. The van der Waals surface area contributed by atoms with Crippen molar-refractivity contribution in [2.24, 2.45) is 0 Å². The van der Waals surface area contributed by atoms with Crippen molar-refractivity contribution >= 4 is 58.3 Å². The Labute approximate surface area is 288 Å². The lowest BCUT2D eigenvalue weighted by Gasteiger charge is -2.19. The van der Waals surface area contributed by atoms with Crippen LogP contribution in [0, 0.1) is 23.3 Å². The van der Waals surface area contributed by atoms with E-state index in [9.17, 15) is 45.1 Å². The third kappa shape index (κ3) is 8.41. The number of thiophene rings is 1. The maximum atomic E-state index is 14.6. The molecule has 6 nitrogen and oxygen atoms in total. The number of nitrogens with one attached hydrogen (secondary N) is 3. The first kappa shape index (κ1) is 35.9. The molecule has 1 heterocycles. The van der Waals surface area contributed by atoms with E-state index in [0.29, 0.717) is 16.0 Å². The average molecular weight is 730 g/mol. The fourth-order valence-corrected chi connectivity index (χ4v) is 6.23. The van der Waals surface area contributed by atoms with Crippen molar-refractivity contribution in [1.29, 1.82) is 0 Å². The molecule has 0 saturated carbocycles. The normalized spacial score (nSPS) is 12.3. The number of carbonyl (C=O) groups is 3. The van der Waals surface area contributed by atoms with Crippen LogP contribution in [0.2, 0.25) is 0 Å². The van der Waals surface area contributed by atoms with Crippen LogP contribution in [-0.2, 0) is 15.8 Å². The van der Waals surface area contributed by atoms with Gasteiger partial charge in [-0.3, -0.25) is 14.4 Å². The number of hydrogen-bond acceptors (Lipinski definition) is 5. The summed E-state index contributed by atoms with van der Waals surface area (Å²) in [5.74, 6) is -12.8. The Morgan fingerprint density at radius 1 is 0.760 bits per heavy atom. The zero-order valence-electron chi connectivity index (χ0n) is 25.2. The SMILES string of the molecule is O=C(Nc1cccc(SC(C(=O)Nc2c(F)c(F)c(C(F)(F)F)c(F)c2F)c2ccccc2)c1)/C(=C/c1ccsc1)NC(=O)c1ccccc1. The Hall–Kier alpha value is -5.41. The third-order valence-electron chi connectivity index (χ3n) is 6.86. The fourth-order valence-electron chi connectivity index (χ4n) is 4.53. The number of alkyl halides is 3. The number of anilines is 2. The predicted molar refractivity (Wildman–Crippen MR) is 176 cm³/mol. The first-order chi connectivity index (χ1) is 23.8. The van der Waals surface area contributed by atoms with Crippen molar-refractivity contribution in [3.05, 3.63) is 153 Å². The molecular formula is C35H22F7N3O3S2. The van der Waals surface area contributed by atoms with Crippen molar-refractivity contribution in [2.45, 2.75) is 16.3 Å². The second kappa shape index (κ2) is 15.4. The van der Waals surface area contributed by atoms with Crippen molar-refractivity contribution in [1.82, 2.24) is 5.32 Å². The van der Waals surface area contributed by atoms with Gasteiger partial charge in [-0.25, -0.2) is 17.6 Å². The summed E-state index contributed by atoms with van der Waals surface area (Å²) in [5, 5.41) is 9.16. The topological polar surface area (TPSA) is 87.3 Å². The van der Waals surface area contributed by atoms with Gasteiger partial charge in [0.25, 0.3) is 11.8 Å². The molecule has 50 heavy (non-hydrogen) atoms. The van der Waals surface area contributed by atoms with Gasteiger partial charge in [0.2, 0.25) is 5.91 Å². The van der Waals surface area contributed by atoms with Crippen LogP contribution in [0.3, 0.4) is 0 Å². The van der Waals surface area contributed by atoms with E-state index < -0.39 is 63.7 Å². The highest BCUT2D eigenvalue weighted by Crippen LogP contribution is 2.41. The smallest absolute Gasteiger partial charge is 0.321 e. The number of amides is 3. The van der Waals surface area contributed by atoms with Gasteiger partial charge in [-0.05, 0) is 64.4 Å². The molecule has 3 N–H and O–H groups in total. The van der Waals surface area contributed by atoms with E-state index in [0.717, 1.165) is 11.8 Å². The highest BCUT2D eigenvalue weighted by Gasteiger charge is 2.43. The van der Waals surface area contributed by atoms with E-state index in [1.54, 1.807) is 58.5 Å². The monoisotopic (exact) mass is 729 g/mol. The van der Waals surface area contributed by atoms with E-state index in [1.807, 2.05) is 0 Å². The van der Waals surface area contributed by atoms with Gasteiger partial charge in [0.15, 0.2) is 23.3 Å². The van der Waals surface area contributed by atoms with Gasteiger partial charge in [0.05, 0.1) is 0 Å². The molecule has 0 fully saturated rings. The molecule has 0 bridgehead atoms. The summed E-state index contributed by atoms with van der Waals surface area (Å²) in [6, 6.07) is 23.6. The standard InChI is InChI=1S/C35H22F7N3O3S2/c36-26-25(35(40,41)42)27(37)29(39)30(28(26)38)45-34(48)31(20-8-3-1-4-9-20)50-23-13-7-12-22(17-23)43-33(47)24(16-19-14-15-49-18-19)44-32(46)21-10-5-2-6-11-21/h1-18,31H,(H,43,47)(H,44,46)(H,45,48)/b24-16-. The molecule has 15 heteroatoms. The molecule has 5 aromatic rings. The molecule has 0 aliphatic carbocycles. The molecule has 0 aliphatic heterocycles. The van der Waals surface area contributed by atoms with Crippen LogP contribution in [0.5, 0.6) is 0 Å². The molecule has 1 aromatic heterocycles. The molecule has 256 valence electrons. The number of thioether (sulfide) groups is 1. The number of benzene rings is 4. The van der Waals surface area contributed by atoms with Crippen LogP contribution < -0.4 is 16.0 Å². The van der Waals surface area contributed by atoms with Gasteiger partial charge in [0, 0.05) is 16.1 Å². The summed E-state index contributed by atoms with van der Waals surface area (Å²) in [4.78, 5) is 40.0. The first-order valence-electron chi connectivity index (χ1n) is 14.3. The minimum absolute atomic E-state index is 0.0862. The Morgan fingerprint density at radius 3 is 2.00 bits per heavy atom. The number of hydrogen-bond donors (Lipinski definition) is 3. The van der Waals surface area contributed by atoms with Crippen LogP contribution in [-0.4, -0.2) is 17.7 Å². The van der Waals surface area contributed by atoms with Gasteiger partial charge in [-0.2, -0.15) is 24.5 Å². The van der Waals surface area contributed by atoms with Gasteiger partial charge >= 0.3 is 6.18 Å². The van der Waals surface area contributed by atoms with E-state index >= 15 is 0 Å². The second-order valence-corrected chi connectivity index (χ2v) is 12.3. The predicted octanol–water partition coefficient (Wildman–Crippen LogP) is 9.20. The maximum Gasteiger partial charge on any atom is 0.422 e. The van der Waals surface area contributed by atoms with Gasteiger partial charge in [-0.1, -0.05) is 54.6 Å². The van der Waals surface area contributed by atoms with Crippen LogP contribution >= 0.6 is 23.1 Å². The molecular weight excluding hydrogens is 708 g/mol. The zero-order chi connectivity index (χ0) is 36.0. The molecule has 0 spiro atoms. The minimum atomic E-state index is -5.75. The first-order valence-corrected chi connectivity index (χ1v) is 16.1. The molecule has 3 amide bonds. The molecule has 1 unspecified atom stereocenters. The molecule has 0 saturated heterocycles. The minimum Gasteiger partial charge on any atom is -0.321 e. The van der Waals surface area contributed by atoms with Gasteiger partial charge in [0.1, 0.15) is 22.2 Å². The molecule has 0 aliphatic rings. The van der Waals surface area contributed by atoms with E-state index in [2.05, 4.69) is 10.6 Å². The quantitative estimate of drug-likeness (QED) is 0.0579. The van der Waals surface area contributed by atoms with Crippen LogP contribution in [0.15, 0.2) is 112 Å². The molecule has 1 atom stereocenters. The second-order valence-electron chi connectivity index (χ2n) is 10.3. The summed E-state index contributed by atoms with van der Waals surface area (Å²) in [6.45, 7) is 0. The number of rotatable bonds is 10. The van der Waals surface area contributed by atoms with Crippen molar-refractivity contribution in [3.63, 3.8) is 0 Å². The summed E-state index contributed by atoms with van der Waals surface area (Å²) in [6.07, 6.45) is -4.28. The van der Waals surface area contributed by atoms with Crippen LogP contribution in [0.25, 0.3) is 6.08 Å². The summed E-state index contributed by atoms with van der Waals surface area (Å²) < 4.78 is 97.0. The lowest BCUT2D eigenvalue weighted by atomic mass is 10.1. The van der Waals surface area contributed by atoms with Gasteiger partial charge < -0.3 is 16.0 Å². The average Bonchev–Trinajstić information content (AvgIpc) is 3.61. The van der Waals surface area contributed by atoms with Crippen molar-refractivity contribution in [3.8, 4) is 0 Å².